The van der Waals surface area contributed by atoms with Crippen LogP contribution in [0.2, 0.25) is 0 Å². The SMILES string of the molecule is CCCC/C=C\CCCCCCCC(=O)OC[C@@H](COC(=O)CCCCCCCCC/C=C\CCCCCCCC)OC(=O)CCCCCCCCCCCCCCCCCCC. The van der Waals surface area contributed by atoms with E-state index in [0.717, 1.165) is 64.2 Å². The zero-order valence-corrected chi connectivity index (χ0v) is 42.4. The molecule has 0 aromatic carbocycles. The van der Waals surface area contributed by atoms with Crippen LogP contribution in [0.5, 0.6) is 0 Å². The lowest BCUT2D eigenvalue weighted by Crippen LogP contribution is -2.30. The van der Waals surface area contributed by atoms with E-state index in [2.05, 4.69) is 45.1 Å². The Labute approximate surface area is 392 Å². The third-order valence-electron chi connectivity index (χ3n) is 12.4. The number of hydrogen-bond donors (Lipinski definition) is 0. The molecule has 0 radical (unpaired) electrons. The first-order chi connectivity index (χ1) is 31.0. The van der Waals surface area contributed by atoms with Gasteiger partial charge >= 0.3 is 17.9 Å². The van der Waals surface area contributed by atoms with Crippen molar-refractivity contribution < 1.29 is 28.6 Å². The van der Waals surface area contributed by atoms with Gasteiger partial charge in [0.05, 0.1) is 0 Å². The number of carbonyl (C=O) groups excluding carboxylic acids is 3. The van der Waals surface area contributed by atoms with E-state index in [-0.39, 0.29) is 31.1 Å². The van der Waals surface area contributed by atoms with Crippen molar-refractivity contribution in [2.75, 3.05) is 13.2 Å². The van der Waals surface area contributed by atoms with Gasteiger partial charge in [-0.25, -0.2) is 0 Å². The number of unbranched alkanes of at least 4 members (excludes halogenated alkanes) is 36. The molecule has 0 aromatic rings. The molecule has 0 bridgehead atoms. The van der Waals surface area contributed by atoms with Gasteiger partial charge in [-0.2, -0.15) is 0 Å². The van der Waals surface area contributed by atoms with Gasteiger partial charge in [0, 0.05) is 19.3 Å². The second-order valence-electron chi connectivity index (χ2n) is 18.8. The van der Waals surface area contributed by atoms with Gasteiger partial charge in [0.2, 0.25) is 0 Å². The monoisotopic (exact) mass is 887 g/mol. The van der Waals surface area contributed by atoms with Crippen molar-refractivity contribution in [1.29, 1.82) is 0 Å². The molecule has 6 heteroatoms. The van der Waals surface area contributed by atoms with E-state index < -0.39 is 6.10 Å². The maximum Gasteiger partial charge on any atom is 0.306 e. The van der Waals surface area contributed by atoms with E-state index in [1.165, 1.54) is 199 Å². The maximum atomic E-state index is 12.8. The normalized spacial score (nSPS) is 12.1. The summed E-state index contributed by atoms with van der Waals surface area (Å²) in [6.07, 6.45) is 60.2. The van der Waals surface area contributed by atoms with Crippen molar-refractivity contribution in [3.63, 3.8) is 0 Å². The molecule has 0 fully saturated rings. The summed E-state index contributed by atoms with van der Waals surface area (Å²) < 4.78 is 16.8. The highest BCUT2D eigenvalue weighted by atomic mass is 16.6. The minimum absolute atomic E-state index is 0.0722. The Morgan fingerprint density at radius 2 is 0.540 bits per heavy atom. The summed E-state index contributed by atoms with van der Waals surface area (Å²) in [6, 6.07) is 0. The molecule has 63 heavy (non-hydrogen) atoms. The third kappa shape index (κ3) is 50.7. The van der Waals surface area contributed by atoms with Gasteiger partial charge in [-0.15, -0.1) is 0 Å². The Hall–Kier alpha value is -2.11. The number of allylic oxidation sites excluding steroid dienone is 4. The Morgan fingerprint density at radius 1 is 0.302 bits per heavy atom. The van der Waals surface area contributed by atoms with Gasteiger partial charge in [-0.1, -0.05) is 244 Å². The largest absolute Gasteiger partial charge is 0.462 e. The second-order valence-corrected chi connectivity index (χ2v) is 18.8. The molecule has 1 atom stereocenters. The van der Waals surface area contributed by atoms with E-state index in [0.29, 0.717) is 19.3 Å². The van der Waals surface area contributed by atoms with Crippen LogP contribution < -0.4 is 0 Å². The molecule has 0 saturated carbocycles. The lowest BCUT2D eigenvalue weighted by Gasteiger charge is -2.18. The molecular weight excluding hydrogens is 781 g/mol. The van der Waals surface area contributed by atoms with E-state index >= 15 is 0 Å². The number of rotatable bonds is 51. The van der Waals surface area contributed by atoms with Crippen molar-refractivity contribution in [3.05, 3.63) is 24.3 Å². The minimum atomic E-state index is -0.771. The summed E-state index contributed by atoms with van der Waals surface area (Å²) >= 11 is 0. The van der Waals surface area contributed by atoms with Crippen LogP contribution in [0.3, 0.4) is 0 Å². The van der Waals surface area contributed by atoms with Gasteiger partial charge in [0.15, 0.2) is 6.10 Å². The maximum absolute atomic E-state index is 12.8. The van der Waals surface area contributed by atoms with Gasteiger partial charge in [0.1, 0.15) is 13.2 Å². The molecule has 0 aromatic heterocycles. The molecule has 0 rings (SSSR count). The van der Waals surface area contributed by atoms with Crippen molar-refractivity contribution in [1.82, 2.24) is 0 Å². The van der Waals surface area contributed by atoms with Gasteiger partial charge < -0.3 is 14.2 Å². The predicted octanol–water partition coefficient (Wildman–Crippen LogP) is 18.3. The molecule has 0 saturated heterocycles. The van der Waals surface area contributed by atoms with Crippen LogP contribution in [-0.4, -0.2) is 37.2 Å². The van der Waals surface area contributed by atoms with Crippen molar-refractivity contribution in [3.8, 4) is 0 Å². The summed E-state index contributed by atoms with van der Waals surface area (Å²) in [4.78, 5) is 38.0. The molecule has 0 amide bonds. The first-order valence-electron chi connectivity index (χ1n) is 27.8. The standard InChI is InChI=1S/C57H106O6/c1-4-7-10-13-16-19-22-24-26-28-30-32-35-38-41-44-47-50-56(59)62-53-54(52-61-55(58)49-46-43-40-37-34-21-18-15-12-9-6-3)63-57(60)51-48-45-42-39-36-33-31-29-27-25-23-20-17-14-11-8-5-2/h15,18,24,26,54H,4-14,16-17,19-23,25,27-53H2,1-3H3/b18-15-,26-24-/t54-/m0/s1. The number of ether oxygens (including phenoxy) is 3. The minimum Gasteiger partial charge on any atom is -0.462 e. The summed E-state index contributed by atoms with van der Waals surface area (Å²) in [5, 5.41) is 0. The molecule has 0 N–H and O–H groups in total. The predicted molar refractivity (Wildman–Crippen MR) is 270 cm³/mol. The van der Waals surface area contributed by atoms with E-state index in [1.807, 2.05) is 0 Å². The van der Waals surface area contributed by atoms with Crippen LogP contribution in [0.25, 0.3) is 0 Å². The topological polar surface area (TPSA) is 78.9 Å². The fourth-order valence-electron chi connectivity index (χ4n) is 8.18. The third-order valence-corrected chi connectivity index (χ3v) is 12.4. The average molecular weight is 887 g/mol. The Morgan fingerprint density at radius 3 is 0.841 bits per heavy atom. The zero-order valence-electron chi connectivity index (χ0n) is 42.4. The van der Waals surface area contributed by atoms with Gasteiger partial charge in [0.25, 0.3) is 0 Å². The summed E-state index contributed by atoms with van der Waals surface area (Å²) in [6.45, 7) is 6.63. The summed E-state index contributed by atoms with van der Waals surface area (Å²) in [5.41, 5.74) is 0. The van der Waals surface area contributed by atoms with Crippen molar-refractivity contribution >= 4 is 17.9 Å². The lowest BCUT2D eigenvalue weighted by molar-refractivity contribution is -0.167. The van der Waals surface area contributed by atoms with E-state index in [1.54, 1.807) is 0 Å². The first kappa shape index (κ1) is 60.9. The summed E-state index contributed by atoms with van der Waals surface area (Å²) in [5.74, 6) is -0.869. The van der Waals surface area contributed by atoms with Crippen molar-refractivity contribution in [2.24, 2.45) is 0 Å². The molecule has 0 aliphatic heterocycles. The molecule has 0 heterocycles. The highest BCUT2D eigenvalue weighted by molar-refractivity contribution is 5.71. The molecule has 0 aliphatic carbocycles. The van der Waals surface area contributed by atoms with Crippen LogP contribution in [0, 0.1) is 0 Å². The average Bonchev–Trinajstić information content (AvgIpc) is 3.28. The number of hydrogen-bond acceptors (Lipinski definition) is 6. The Balaban J connectivity index is 4.31. The second kappa shape index (κ2) is 52.5. The molecular formula is C57H106O6. The van der Waals surface area contributed by atoms with Gasteiger partial charge in [-0.3, -0.25) is 14.4 Å². The van der Waals surface area contributed by atoms with E-state index in [4.69, 9.17) is 14.2 Å². The fourth-order valence-corrected chi connectivity index (χ4v) is 8.18. The lowest BCUT2D eigenvalue weighted by atomic mass is 10.0. The first-order valence-corrected chi connectivity index (χ1v) is 27.8. The number of esters is 3. The molecule has 6 nitrogen and oxygen atoms in total. The quantitative estimate of drug-likeness (QED) is 0.0262. The van der Waals surface area contributed by atoms with Crippen LogP contribution in [0.4, 0.5) is 0 Å². The van der Waals surface area contributed by atoms with Gasteiger partial charge in [-0.05, 0) is 64.2 Å². The highest BCUT2D eigenvalue weighted by Gasteiger charge is 2.19. The Kier molecular flexibility index (Phi) is 50.8. The van der Waals surface area contributed by atoms with E-state index in [9.17, 15) is 14.4 Å². The molecule has 0 unspecified atom stereocenters. The fraction of sp³-hybridized carbons (Fsp3) is 0.877. The van der Waals surface area contributed by atoms with Crippen LogP contribution in [0.15, 0.2) is 24.3 Å². The molecule has 0 aliphatic rings. The van der Waals surface area contributed by atoms with Crippen LogP contribution >= 0.6 is 0 Å². The van der Waals surface area contributed by atoms with Crippen molar-refractivity contribution in [2.45, 2.75) is 309 Å². The molecule has 0 spiro atoms. The van der Waals surface area contributed by atoms with Crippen LogP contribution in [0.1, 0.15) is 303 Å². The Bertz CT molecular complexity index is 1020. The zero-order chi connectivity index (χ0) is 45.8. The highest BCUT2D eigenvalue weighted by Crippen LogP contribution is 2.16. The van der Waals surface area contributed by atoms with Crippen LogP contribution in [-0.2, 0) is 28.6 Å². The molecule has 370 valence electrons. The number of carbonyl (C=O) groups is 3. The summed E-state index contributed by atoms with van der Waals surface area (Å²) in [7, 11) is 0. The smallest absolute Gasteiger partial charge is 0.306 e.